The standard InChI is InChI=1S/C18H23N5O2/c24-17(20-16-7-3-6-15-19-8-12-23(15)16)14-5-4-11-22(13-14)18(25)21-9-1-2-10-21/h3,6-8,12,14H,1-2,4-5,9-11,13H2,(H,20,24)/t14-/m1/s1. The van der Waals surface area contributed by atoms with Crippen molar-refractivity contribution in [3.8, 4) is 0 Å². The predicted molar refractivity (Wildman–Crippen MR) is 94.3 cm³/mol. The van der Waals surface area contributed by atoms with Gasteiger partial charge in [-0.3, -0.25) is 9.20 Å². The van der Waals surface area contributed by atoms with Gasteiger partial charge in [-0.25, -0.2) is 9.78 Å². The molecule has 25 heavy (non-hydrogen) atoms. The molecule has 0 unspecified atom stereocenters. The molecule has 0 bridgehead atoms. The minimum atomic E-state index is -0.168. The highest BCUT2D eigenvalue weighted by Gasteiger charge is 2.31. The van der Waals surface area contributed by atoms with Gasteiger partial charge in [-0.1, -0.05) is 6.07 Å². The topological polar surface area (TPSA) is 70.0 Å². The lowest BCUT2D eigenvalue weighted by Gasteiger charge is -2.34. The van der Waals surface area contributed by atoms with E-state index in [1.54, 1.807) is 6.20 Å². The number of piperidine rings is 1. The number of rotatable bonds is 2. The Hall–Kier alpha value is -2.57. The van der Waals surface area contributed by atoms with Crippen LogP contribution in [-0.4, -0.2) is 57.3 Å². The van der Waals surface area contributed by atoms with Gasteiger partial charge in [-0.05, 0) is 37.8 Å². The molecule has 7 nitrogen and oxygen atoms in total. The van der Waals surface area contributed by atoms with E-state index >= 15 is 0 Å². The highest BCUT2D eigenvalue weighted by atomic mass is 16.2. The van der Waals surface area contributed by atoms with Crippen molar-refractivity contribution in [2.24, 2.45) is 5.92 Å². The first-order chi connectivity index (χ1) is 12.2. The second kappa shape index (κ2) is 6.74. The van der Waals surface area contributed by atoms with Crippen LogP contribution in [0.5, 0.6) is 0 Å². The number of anilines is 1. The zero-order chi connectivity index (χ0) is 17.2. The van der Waals surface area contributed by atoms with Gasteiger partial charge < -0.3 is 15.1 Å². The van der Waals surface area contributed by atoms with Gasteiger partial charge in [-0.2, -0.15) is 0 Å². The zero-order valence-electron chi connectivity index (χ0n) is 14.2. The Morgan fingerprint density at radius 2 is 1.88 bits per heavy atom. The first-order valence-electron chi connectivity index (χ1n) is 8.99. The SMILES string of the molecule is O=C(Nc1cccc2nccn12)[C@@H]1CCCN(C(=O)N2CCCC2)C1. The van der Waals surface area contributed by atoms with Crippen LogP contribution < -0.4 is 5.32 Å². The van der Waals surface area contributed by atoms with E-state index in [2.05, 4.69) is 10.3 Å². The molecule has 0 radical (unpaired) electrons. The molecule has 1 N–H and O–H groups in total. The van der Waals surface area contributed by atoms with Gasteiger partial charge in [-0.15, -0.1) is 0 Å². The number of aromatic nitrogens is 2. The monoisotopic (exact) mass is 341 g/mol. The third kappa shape index (κ3) is 3.18. The van der Waals surface area contributed by atoms with Gasteiger partial charge in [0.15, 0.2) is 0 Å². The maximum absolute atomic E-state index is 12.7. The van der Waals surface area contributed by atoms with E-state index in [0.717, 1.165) is 51.0 Å². The molecule has 0 aromatic carbocycles. The number of urea groups is 1. The number of carbonyl (C=O) groups excluding carboxylic acids is 2. The predicted octanol–water partition coefficient (Wildman–Crippen LogP) is 2.20. The van der Waals surface area contributed by atoms with Gasteiger partial charge in [0.05, 0.1) is 5.92 Å². The lowest BCUT2D eigenvalue weighted by atomic mass is 9.97. The van der Waals surface area contributed by atoms with Crippen LogP contribution in [0.1, 0.15) is 25.7 Å². The molecular formula is C18H23N5O2. The molecule has 7 heteroatoms. The van der Waals surface area contributed by atoms with Crippen molar-refractivity contribution in [2.45, 2.75) is 25.7 Å². The van der Waals surface area contributed by atoms with Crippen LogP contribution >= 0.6 is 0 Å². The van der Waals surface area contributed by atoms with Gasteiger partial charge in [0.25, 0.3) is 0 Å². The summed E-state index contributed by atoms with van der Waals surface area (Å²) in [4.78, 5) is 33.3. The van der Waals surface area contributed by atoms with Crippen LogP contribution in [0.4, 0.5) is 10.6 Å². The van der Waals surface area contributed by atoms with E-state index in [0.29, 0.717) is 12.4 Å². The molecule has 132 valence electrons. The van der Waals surface area contributed by atoms with Crippen molar-refractivity contribution in [1.82, 2.24) is 19.2 Å². The molecular weight excluding hydrogens is 318 g/mol. The molecule has 3 amide bonds. The van der Waals surface area contributed by atoms with Crippen molar-refractivity contribution in [3.05, 3.63) is 30.6 Å². The summed E-state index contributed by atoms with van der Waals surface area (Å²) in [5.41, 5.74) is 0.798. The van der Waals surface area contributed by atoms with Gasteiger partial charge in [0, 0.05) is 38.6 Å². The number of carbonyl (C=O) groups is 2. The van der Waals surface area contributed by atoms with E-state index in [9.17, 15) is 9.59 Å². The lowest BCUT2D eigenvalue weighted by molar-refractivity contribution is -0.121. The Morgan fingerprint density at radius 1 is 1.08 bits per heavy atom. The number of likely N-dealkylation sites (tertiary alicyclic amines) is 2. The molecule has 2 aliphatic heterocycles. The number of amides is 3. The first kappa shape index (κ1) is 15.9. The summed E-state index contributed by atoms with van der Waals surface area (Å²) >= 11 is 0. The van der Waals surface area contributed by atoms with E-state index in [1.807, 2.05) is 38.6 Å². The molecule has 0 spiro atoms. The largest absolute Gasteiger partial charge is 0.325 e. The Kier molecular flexibility index (Phi) is 4.29. The minimum absolute atomic E-state index is 0.0277. The van der Waals surface area contributed by atoms with Crippen LogP contribution in [0.25, 0.3) is 5.65 Å². The van der Waals surface area contributed by atoms with E-state index in [-0.39, 0.29) is 17.9 Å². The molecule has 4 rings (SSSR count). The summed E-state index contributed by atoms with van der Waals surface area (Å²) in [5, 5.41) is 3.00. The van der Waals surface area contributed by atoms with Crippen LogP contribution in [-0.2, 0) is 4.79 Å². The Bertz CT molecular complexity index is 781. The van der Waals surface area contributed by atoms with Crippen LogP contribution in [0.2, 0.25) is 0 Å². The number of nitrogens with one attached hydrogen (secondary N) is 1. The molecule has 2 fully saturated rings. The van der Waals surface area contributed by atoms with Crippen molar-refractivity contribution in [1.29, 1.82) is 0 Å². The molecule has 2 aromatic rings. The maximum Gasteiger partial charge on any atom is 0.320 e. The Labute approximate surface area is 146 Å². The second-order valence-electron chi connectivity index (χ2n) is 6.82. The fraction of sp³-hybridized carbons (Fsp3) is 0.500. The molecule has 2 saturated heterocycles. The minimum Gasteiger partial charge on any atom is -0.325 e. The summed E-state index contributed by atoms with van der Waals surface area (Å²) in [5.74, 6) is 0.516. The van der Waals surface area contributed by atoms with Crippen LogP contribution in [0, 0.1) is 5.92 Å². The summed E-state index contributed by atoms with van der Waals surface area (Å²) < 4.78 is 1.86. The number of nitrogens with zero attached hydrogens (tertiary/aromatic N) is 4. The molecule has 4 heterocycles. The van der Waals surface area contributed by atoms with Gasteiger partial charge in [0.2, 0.25) is 5.91 Å². The smallest absolute Gasteiger partial charge is 0.320 e. The second-order valence-corrected chi connectivity index (χ2v) is 6.82. The summed E-state index contributed by atoms with van der Waals surface area (Å²) in [7, 11) is 0. The first-order valence-corrected chi connectivity index (χ1v) is 8.99. The van der Waals surface area contributed by atoms with Crippen LogP contribution in [0.3, 0.4) is 0 Å². The fourth-order valence-corrected chi connectivity index (χ4v) is 3.75. The normalized spacial score (nSPS) is 20.9. The Morgan fingerprint density at radius 3 is 2.72 bits per heavy atom. The number of hydrogen-bond donors (Lipinski definition) is 1. The Balaban J connectivity index is 1.43. The fourth-order valence-electron chi connectivity index (χ4n) is 3.75. The molecule has 0 aliphatic carbocycles. The average Bonchev–Trinajstić information content (AvgIpc) is 3.33. The quantitative estimate of drug-likeness (QED) is 0.910. The molecule has 1 atom stereocenters. The van der Waals surface area contributed by atoms with Gasteiger partial charge >= 0.3 is 6.03 Å². The molecule has 2 aromatic heterocycles. The highest BCUT2D eigenvalue weighted by molar-refractivity contribution is 5.92. The average molecular weight is 341 g/mol. The van der Waals surface area contributed by atoms with Gasteiger partial charge in [0.1, 0.15) is 11.5 Å². The molecule has 0 saturated carbocycles. The van der Waals surface area contributed by atoms with Crippen LogP contribution in [0.15, 0.2) is 30.6 Å². The third-order valence-corrected chi connectivity index (χ3v) is 5.12. The van der Waals surface area contributed by atoms with E-state index < -0.39 is 0 Å². The van der Waals surface area contributed by atoms with Crippen molar-refractivity contribution in [2.75, 3.05) is 31.5 Å². The van der Waals surface area contributed by atoms with Crippen molar-refractivity contribution >= 4 is 23.4 Å². The van der Waals surface area contributed by atoms with Crippen molar-refractivity contribution < 1.29 is 9.59 Å². The number of imidazole rings is 1. The summed E-state index contributed by atoms with van der Waals surface area (Å²) in [6.45, 7) is 2.93. The third-order valence-electron chi connectivity index (χ3n) is 5.12. The number of hydrogen-bond acceptors (Lipinski definition) is 3. The zero-order valence-corrected chi connectivity index (χ0v) is 14.2. The van der Waals surface area contributed by atoms with Crippen molar-refractivity contribution in [3.63, 3.8) is 0 Å². The van der Waals surface area contributed by atoms with E-state index in [1.165, 1.54) is 0 Å². The number of fused-ring (bicyclic) bond motifs is 1. The maximum atomic E-state index is 12.7. The summed E-state index contributed by atoms with van der Waals surface area (Å²) in [6.07, 6.45) is 7.39. The number of pyridine rings is 1. The lowest BCUT2D eigenvalue weighted by Crippen LogP contribution is -2.48. The summed E-state index contributed by atoms with van der Waals surface area (Å²) in [6, 6.07) is 5.73. The van der Waals surface area contributed by atoms with E-state index in [4.69, 9.17) is 0 Å². The molecule has 2 aliphatic rings. The highest BCUT2D eigenvalue weighted by Crippen LogP contribution is 2.21.